The first-order valence-electron chi connectivity index (χ1n) is 7.40. The predicted octanol–water partition coefficient (Wildman–Crippen LogP) is 3.39. The highest BCUT2D eigenvalue weighted by Gasteiger charge is 2.32. The summed E-state index contributed by atoms with van der Waals surface area (Å²) in [6.07, 6.45) is -6.61. The SMILES string of the molecule is Cc1nc2c(c(C(F)F)nn2C(C)c2ccc(C(F)(F)F)nc2)c(=O)[nH]1. The molecule has 0 aliphatic rings. The molecule has 0 fully saturated rings. The molecule has 11 heteroatoms. The van der Waals surface area contributed by atoms with E-state index < -0.39 is 35.6 Å². The second-order valence-corrected chi connectivity index (χ2v) is 5.63. The zero-order valence-electron chi connectivity index (χ0n) is 13.5. The molecule has 0 saturated heterocycles. The van der Waals surface area contributed by atoms with E-state index >= 15 is 0 Å². The molecule has 3 aromatic rings. The van der Waals surface area contributed by atoms with E-state index in [0.29, 0.717) is 5.56 Å². The largest absolute Gasteiger partial charge is 0.433 e. The number of nitrogens with one attached hydrogen (secondary N) is 1. The minimum atomic E-state index is -4.59. The van der Waals surface area contributed by atoms with Crippen LogP contribution in [0.5, 0.6) is 0 Å². The van der Waals surface area contributed by atoms with Gasteiger partial charge in [0.05, 0.1) is 6.04 Å². The topological polar surface area (TPSA) is 76.5 Å². The van der Waals surface area contributed by atoms with E-state index in [4.69, 9.17) is 0 Å². The van der Waals surface area contributed by atoms with Crippen molar-refractivity contribution in [2.45, 2.75) is 32.5 Å². The average Bonchev–Trinajstić information content (AvgIpc) is 2.93. The fraction of sp³-hybridized carbons (Fsp3) is 0.333. The Morgan fingerprint density at radius 3 is 2.46 bits per heavy atom. The smallest absolute Gasteiger partial charge is 0.310 e. The van der Waals surface area contributed by atoms with Crippen LogP contribution >= 0.6 is 0 Å². The van der Waals surface area contributed by atoms with Gasteiger partial charge in [-0.25, -0.2) is 18.4 Å². The Kier molecular flexibility index (Phi) is 4.24. The number of H-pyrrole nitrogens is 1. The standard InChI is InChI=1S/C15H12F5N5O/c1-6(8-3-4-9(21-5-8)15(18,19)20)25-13-10(11(24-25)12(16)17)14(26)23-7(2)22-13/h3-6,12H,1-2H3,(H,22,23,26). The van der Waals surface area contributed by atoms with Crippen molar-refractivity contribution in [3.63, 3.8) is 0 Å². The summed E-state index contributed by atoms with van der Waals surface area (Å²) in [5.74, 6) is 0.196. The number of aryl methyl sites for hydroxylation is 1. The van der Waals surface area contributed by atoms with Gasteiger partial charge in [-0.2, -0.15) is 18.3 Å². The average molecular weight is 373 g/mol. The van der Waals surface area contributed by atoms with Gasteiger partial charge in [-0.3, -0.25) is 9.78 Å². The van der Waals surface area contributed by atoms with E-state index in [9.17, 15) is 26.7 Å². The second-order valence-electron chi connectivity index (χ2n) is 5.63. The Balaban J connectivity index is 2.14. The van der Waals surface area contributed by atoms with Gasteiger partial charge in [0.15, 0.2) is 5.65 Å². The molecular weight excluding hydrogens is 361 g/mol. The number of fused-ring (bicyclic) bond motifs is 1. The van der Waals surface area contributed by atoms with Crippen molar-refractivity contribution in [3.05, 3.63) is 51.5 Å². The zero-order chi connectivity index (χ0) is 19.2. The Hall–Kier alpha value is -2.85. The van der Waals surface area contributed by atoms with Gasteiger partial charge in [0, 0.05) is 6.20 Å². The number of alkyl halides is 5. The number of hydrogen-bond donors (Lipinski definition) is 1. The van der Waals surface area contributed by atoms with Crippen LogP contribution in [0.15, 0.2) is 23.1 Å². The van der Waals surface area contributed by atoms with Gasteiger partial charge in [0.1, 0.15) is 22.6 Å². The lowest BCUT2D eigenvalue weighted by atomic mass is 10.1. The predicted molar refractivity (Wildman–Crippen MR) is 80.9 cm³/mol. The molecule has 0 aromatic carbocycles. The summed E-state index contributed by atoms with van der Waals surface area (Å²) in [6, 6.07) is 1.20. The maximum atomic E-state index is 13.2. The minimum Gasteiger partial charge on any atom is -0.310 e. The van der Waals surface area contributed by atoms with Crippen molar-refractivity contribution < 1.29 is 22.0 Å². The Morgan fingerprint density at radius 1 is 1.23 bits per heavy atom. The Labute approximate surface area is 142 Å². The zero-order valence-corrected chi connectivity index (χ0v) is 13.5. The van der Waals surface area contributed by atoms with Crippen molar-refractivity contribution in [2.75, 3.05) is 0 Å². The van der Waals surface area contributed by atoms with Crippen LogP contribution in [-0.4, -0.2) is 24.7 Å². The highest BCUT2D eigenvalue weighted by molar-refractivity contribution is 5.77. The van der Waals surface area contributed by atoms with E-state index in [-0.39, 0.29) is 16.9 Å². The molecule has 0 aliphatic carbocycles. The normalized spacial score (nSPS) is 13.5. The first-order valence-corrected chi connectivity index (χ1v) is 7.40. The Morgan fingerprint density at radius 2 is 1.92 bits per heavy atom. The van der Waals surface area contributed by atoms with Gasteiger partial charge in [0.2, 0.25) is 0 Å². The summed E-state index contributed by atoms with van der Waals surface area (Å²) in [7, 11) is 0. The minimum absolute atomic E-state index is 0.0750. The second kappa shape index (κ2) is 6.15. The number of rotatable bonds is 3. The van der Waals surface area contributed by atoms with Crippen LogP contribution in [0.3, 0.4) is 0 Å². The molecule has 0 saturated carbocycles. The quantitative estimate of drug-likeness (QED) is 0.714. The number of halogens is 5. The molecule has 0 spiro atoms. The van der Waals surface area contributed by atoms with Gasteiger partial charge in [-0.1, -0.05) is 6.07 Å². The molecule has 6 nitrogen and oxygen atoms in total. The summed E-state index contributed by atoms with van der Waals surface area (Å²) < 4.78 is 65.4. The molecule has 1 atom stereocenters. The number of hydrogen-bond acceptors (Lipinski definition) is 4. The third-order valence-electron chi connectivity index (χ3n) is 3.84. The molecule has 0 radical (unpaired) electrons. The van der Waals surface area contributed by atoms with Crippen LogP contribution in [0.2, 0.25) is 0 Å². The van der Waals surface area contributed by atoms with Crippen molar-refractivity contribution in [3.8, 4) is 0 Å². The summed E-state index contributed by atoms with van der Waals surface area (Å²) in [5.41, 5.74) is -2.35. The lowest BCUT2D eigenvalue weighted by Gasteiger charge is -2.14. The Bertz CT molecular complexity index is 1010. The van der Waals surface area contributed by atoms with Crippen LogP contribution in [-0.2, 0) is 6.18 Å². The fourth-order valence-corrected chi connectivity index (χ4v) is 2.57. The van der Waals surface area contributed by atoms with Gasteiger partial charge in [-0.15, -0.1) is 0 Å². The van der Waals surface area contributed by atoms with Crippen molar-refractivity contribution in [2.24, 2.45) is 0 Å². The van der Waals surface area contributed by atoms with E-state index in [0.717, 1.165) is 16.9 Å². The third-order valence-corrected chi connectivity index (χ3v) is 3.84. The van der Waals surface area contributed by atoms with Crippen LogP contribution < -0.4 is 5.56 Å². The van der Waals surface area contributed by atoms with Crippen molar-refractivity contribution in [1.29, 1.82) is 0 Å². The molecule has 138 valence electrons. The molecule has 3 aromatic heterocycles. The highest BCUT2D eigenvalue weighted by Crippen LogP contribution is 2.30. The number of aromatic nitrogens is 5. The molecule has 3 heterocycles. The van der Waals surface area contributed by atoms with Gasteiger partial charge in [-0.05, 0) is 25.5 Å². The lowest BCUT2D eigenvalue weighted by molar-refractivity contribution is -0.141. The molecule has 0 bridgehead atoms. The van der Waals surface area contributed by atoms with Gasteiger partial charge >= 0.3 is 6.18 Å². The van der Waals surface area contributed by atoms with E-state index in [1.54, 1.807) is 0 Å². The van der Waals surface area contributed by atoms with Gasteiger partial charge < -0.3 is 4.98 Å². The van der Waals surface area contributed by atoms with Crippen LogP contribution in [0.25, 0.3) is 11.0 Å². The molecule has 3 rings (SSSR count). The summed E-state index contributed by atoms with van der Waals surface area (Å²) >= 11 is 0. The van der Waals surface area contributed by atoms with Crippen molar-refractivity contribution >= 4 is 11.0 Å². The van der Waals surface area contributed by atoms with Crippen molar-refractivity contribution in [1.82, 2.24) is 24.7 Å². The molecule has 26 heavy (non-hydrogen) atoms. The third kappa shape index (κ3) is 3.04. The monoisotopic (exact) mass is 373 g/mol. The first kappa shape index (κ1) is 18.0. The molecule has 1 N–H and O–H groups in total. The molecule has 0 aliphatic heterocycles. The number of pyridine rings is 1. The maximum Gasteiger partial charge on any atom is 0.433 e. The van der Waals surface area contributed by atoms with Crippen LogP contribution in [0.1, 0.15) is 42.2 Å². The number of nitrogens with zero attached hydrogens (tertiary/aromatic N) is 4. The van der Waals surface area contributed by atoms with Crippen LogP contribution in [0.4, 0.5) is 22.0 Å². The molecule has 0 amide bonds. The maximum absolute atomic E-state index is 13.2. The highest BCUT2D eigenvalue weighted by atomic mass is 19.4. The summed E-state index contributed by atoms with van der Waals surface area (Å²) in [6.45, 7) is 3.01. The van der Waals surface area contributed by atoms with E-state index in [1.165, 1.54) is 19.9 Å². The van der Waals surface area contributed by atoms with E-state index in [1.807, 2.05) is 0 Å². The number of aromatic amines is 1. The fourth-order valence-electron chi connectivity index (χ4n) is 2.57. The summed E-state index contributed by atoms with van der Waals surface area (Å²) in [4.78, 5) is 21.8. The van der Waals surface area contributed by atoms with Gasteiger partial charge in [0.25, 0.3) is 12.0 Å². The lowest BCUT2D eigenvalue weighted by Crippen LogP contribution is -2.14. The summed E-state index contributed by atoms with van der Waals surface area (Å²) in [5, 5.41) is 3.42. The molecular formula is C15H12F5N5O. The van der Waals surface area contributed by atoms with Crippen LogP contribution in [0, 0.1) is 6.92 Å². The van der Waals surface area contributed by atoms with E-state index in [2.05, 4.69) is 20.1 Å². The first-order chi connectivity index (χ1) is 12.1. The molecule has 1 unspecified atom stereocenters.